The van der Waals surface area contributed by atoms with Gasteiger partial charge in [-0.15, -0.1) is 13.2 Å². The molecule has 1 aliphatic carbocycles. The average Bonchev–Trinajstić information content (AvgIpc) is 3.80. The summed E-state index contributed by atoms with van der Waals surface area (Å²) in [7, 11) is -1.68. The Hall–Kier alpha value is -4.16. The van der Waals surface area contributed by atoms with E-state index in [9.17, 15) is 26.4 Å². The summed E-state index contributed by atoms with van der Waals surface area (Å²) in [6, 6.07) is 16.6. The molecule has 0 unspecified atom stereocenters. The van der Waals surface area contributed by atoms with Crippen molar-refractivity contribution in [1.29, 1.82) is 0 Å². The molecule has 0 aliphatic heterocycles. The fourth-order valence-electron chi connectivity index (χ4n) is 4.83. The Labute approximate surface area is 240 Å². The van der Waals surface area contributed by atoms with E-state index in [1.165, 1.54) is 44.6 Å². The third kappa shape index (κ3) is 6.19. The van der Waals surface area contributed by atoms with Gasteiger partial charge in [0, 0.05) is 24.3 Å². The van der Waals surface area contributed by atoms with Gasteiger partial charge in [0.1, 0.15) is 11.6 Å². The highest BCUT2D eigenvalue weighted by Gasteiger charge is 2.36. The molecule has 1 heterocycles. The molecule has 0 spiro atoms. The number of anilines is 1. The lowest BCUT2D eigenvalue weighted by Gasteiger charge is -2.27. The van der Waals surface area contributed by atoms with Gasteiger partial charge in [-0.2, -0.15) is 0 Å². The summed E-state index contributed by atoms with van der Waals surface area (Å²) in [5.74, 6) is -0.733. The molecule has 1 aliphatic rings. The number of carbonyl (C=O) groups is 1. The number of hydrogen-bond acceptors (Lipinski definition) is 7. The van der Waals surface area contributed by atoms with Gasteiger partial charge in [-0.3, -0.25) is 0 Å². The molecule has 8 nitrogen and oxygen atoms in total. The normalized spacial score (nSPS) is 13.6. The number of alkyl halides is 3. The third-order valence-electron chi connectivity index (χ3n) is 6.89. The summed E-state index contributed by atoms with van der Waals surface area (Å²) in [6.07, 6.45) is -1.52. The van der Waals surface area contributed by atoms with E-state index in [0.29, 0.717) is 11.1 Å². The summed E-state index contributed by atoms with van der Waals surface area (Å²) in [6.45, 7) is -0.270. The molecule has 42 heavy (non-hydrogen) atoms. The van der Waals surface area contributed by atoms with Crippen molar-refractivity contribution >= 4 is 32.6 Å². The van der Waals surface area contributed by atoms with Crippen LogP contribution >= 0.6 is 0 Å². The Bertz CT molecular complexity index is 1720. The van der Waals surface area contributed by atoms with Crippen LogP contribution < -0.4 is 9.04 Å². The van der Waals surface area contributed by atoms with E-state index in [1.54, 1.807) is 6.20 Å². The van der Waals surface area contributed by atoms with E-state index >= 15 is 0 Å². The molecular formula is C30H27F3N2O6S. The maximum atomic E-state index is 14.4. The van der Waals surface area contributed by atoms with Crippen LogP contribution in [0.1, 0.15) is 45.8 Å². The van der Waals surface area contributed by atoms with Gasteiger partial charge in [0.2, 0.25) is 0 Å². The first-order chi connectivity index (χ1) is 20.0. The van der Waals surface area contributed by atoms with Gasteiger partial charge in [-0.1, -0.05) is 36.4 Å². The number of ether oxygens (including phenoxy) is 3. The topological polar surface area (TPSA) is 95.0 Å². The van der Waals surface area contributed by atoms with E-state index in [2.05, 4.69) is 9.72 Å². The second-order valence-corrected chi connectivity index (χ2v) is 11.7. The molecule has 0 saturated heterocycles. The first-order valence-corrected chi connectivity index (χ1v) is 14.4. The van der Waals surface area contributed by atoms with Crippen LogP contribution in [0.2, 0.25) is 0 Å². The molecule has 0 bridgehead atoms. The Kier molecular flexibility index (Phi) is 8.11. The zero-order valence-corrected chi connectivity index (χ0v) is 23.5. The predicted molar refractivity (Wildman–Crippen MR) is 149 cm³/mol. The van der Waals surface area contributed by atoms with Crippen molar-refractivity contribution in [1.82, 2.24) is 4.98 Å². The highest BCUT2D eigenvalue weighted by atomic mass is 32.2. The van der Waals surface area contributed by atoms with Gasteiger partial charge in [0.25, 0.3) is 10.0 Å². The molecule has 220 valence electrons. The number of hydrogen-bond donors (Lipinski definition) is 0. The summed E-state index contributed by atoms with van der Waals surface area (Å²) >= 11 is 0. The number of esters is 1. The molecule has 1 fully saturated rings. The molecule has 0 atom stereocenters. The minimum Gasteiger partial charge on any atom is -0.465 e. The fraction of sp³-hybridized carbons (Fsp3) is 0.267. The van der Waals surface area contributed by atoms with Crippen LogP contribution in [0.25, 0.3) is 10.8 Å². The van der Waals surface area contributed by atoms with E-state index < -0.39 is 28.1 Å². The summed E-state index contributed by atoms with van der Waals surface area (Å²) in [5, 5.41) is 1.74. The van der Waals surface area contributed by atoms with Crippen LogP contribution in [0, 0.1) is 0 Å². The highest BCUT2D eigenvalue weighted by Crippen LogP contribution is 2.48. The number of benzene rings is 3. The number of halogens is 3. The molecule has 4 aromatic rings. The smallest absolute Gasteiger partial charge is 0.465 e. The first-order valence-electron chi connectivity index (χ1n) is 13.0. The summed E-state index contributed by atoms with van der Waals surface area (Å²) < 4.78 is 82.1. The maximum Gasteiger partial charge on any atom is 0.573 e. The molecule has 0 radical (unpaired) electrons. The van der Waals surface area contributed by atoms with Crippen LogP contribution in [-0.4, -0.2) is 40.0 Å². The number of aromatic nitrogens is 1. The SMILES string of the molecule is COCc1cc(S(=O)(=O)N(Cc2ccc(OC(F)(F)F)cc2)c2ncc3ccccc3c2C2CC2)ccc1C(=O)OC. The fourth-order valence-corrected chi connectivity index (χ4v) is 6.30. The zero-order valence-electron chi connectivity index (χ0n) is 22.7. The number of fused-ring (bicyclic) bond motifs is 1. The Morgan fingerprint density at radius 2 is 1.74 bits per heavy atom. The molecule has 5 rings (SSSR count). The van der Waals surface area contributed by atoms with Crippen LogP contribution in [0.15, 0.2) is 77.8 Å². The monoisotopic (exact) mass is 600 g/mol. The van der Waals surface area contributed by atoms with E-state index in [-0.39, 0.29) is 35.3 Å². The zero-order chi connectivity index (χ0) is 30.1. The van der Waals surface area contributed by atoms with Crippen LogP contribution in [0.5, 0.6) is 5.75 Å². The van der Waals surface area contributed by atoms with Crippen LogP contribution in [0.4, 0.5) is 19.0 Å². The predicted octanol–water partition coefficient (Wildman–Crippen LogP) is 6.34. The first kappa shape index (κ1) is 29.3. The largest absolute Gasteiger partial charge is 0.573 e. The van der Waals surface area contributed by atoms with Gasteiger partial charge < -0.3 is 14.2 Å². The molecule has 0 N–H and O–H groups in total. The third-order valence-corrected chi connectivity index (χ3v) is 8.62. The van der Waals surface area contributed by atoms with Gasteiger partial charge in [-0.25, -0.2) is 22.5 Å². The number of carbonyl (C=O) groups excluding carboxylic acids is 1. The van der Waals surface area contributed by atoms with Gasteiger partial charge in [0.05, 0.1) is 30.7 Å². The van der Waals surface area contributed by atoms with Crippen molar-refractivity contribution in [3.8, 4) is 5.75 Å². The van der Waals surface area contributed by atoms with E-state index in [1.807, 2.05) is 24.3 Å². The maximum absolute atomic E-state index is 14.4. The highest BCUT2D eigenvalue weighted by molar-refractivity contribution is 7.92. The standard InChI is InChI=1S/C30H27F3N2O6S/c1-39-18-22-15-24(13-14-26(22)29(36)40-2)42(37,38)35(17-19-7-11-23(12-8-19)41-30(31,32)33)28-27(20-9-10-20)25-6-4-3-5-21(25)16-34-28/h3-8,11-16,20H,9-10,17-18H2,1-2H3. The molecule has 1 saturated carbocycles. The number of pyridine rings is 1. The Morgan fingerprint density at radius 3 is 2.38 bits per heavy atom. The van der Waals surface area contributed by atoms with Crippen molar-refractivity contribution < 1.29 is 40.6 Å². The quantitative estimate of drug-likeness (QED) is 0.196. The Balaban J connectivity index is 1.64. The van der Waals surface area contributed by atoms with Crippen molar-refractivity contribution in [2.24, 2.45) is 0 Å². The van der Waals surface area contributed by atoms with Crippen LogP contribution in [0.3, 0.4) is 0 Å². The van der Waals surface area contributed by atoms with Gasteiger partial charge >= 0.3 is 12.3 Å². The minimum atomic E-state index is -4.86. The van der Waals surface area contributed by atoms with E-state index in [4.69, 9.17) is 9.47 Å². The lowest BCUT2D eigenvalue weighted by molar-refractivity contribution is -0.274. The lowest BCUT2D eigenvalue weighted by Crippen LogP contribution is -2.32. The van der Waals surface area contributed by atoms with Crippen molar-refractivity contribution in [3.05, 3.63) is 95.2 Å². The number of sulfonamides is 1. The van der Waals surface area contributed by atoms with Gasteiger partial charge in [-0.05, 0) is 65.6 Å². The summed E-state index contributed by atoms with van der Waals surface area (Å²) in [4.78, 5) is 16.8. The van der Waals surface area contributed by atoms with Crippen molar-refractivity contribution in [2.75, 3.05) is 18.5 Å². The molecule has 12 heteroatoms. The minimum absolute atomic E-state index is 0.0456. The van der Waals surface area contributed by atoms with Gasteiger partial charge in [0.15, 0.2) is 0 Å². The number of methoxy groups -OCH3 is 2. The number of rotatable bonds is 10. The lowest BCUT2D eigenvalue weighted by atomic mass is 10.0. The molecule has 3 aromatic carbocycles. The summed E-state index contributed by atoms with van der Waals surface area (Å²) in [5.41, 5.74) is 1.67. The second-order valence-electron chi connectivity index (χ2n) is 9.80. The van der Waals surface area contributed by atoms with Crippen molar-refractivity contribution in [2.45, 2.75) is 43.2 Å². The molecular weight excluding hydrogens is 573 g/mol. The number of nitrogens with zero attached hydrogens (tertiary/aromatic N) is 2. The molecule has 1 aromatic heterocycles. The van der Waals surface area contributed by atoms with Crippen molar-refractivity contribution in [3.63, 3.8) is 0 Å². The van der Waals surface area contributed by atoms with Crippen LogP contribution in [-0.2, 0) is 32.6 Å². The molecule has 0 amide bonds. The van der Waals surface area contributed by atoms with E-state index in [0.717, 1.165) is 45.6 Å². The average molecular weight is 601 g/mol. The Morgan fingerprint density at radius 1 is 1.02 bits per heavy atom. The second kappa shape index (κ2) is 11.6.